The third-order valence-corrected chi connectivity index (χ3v) is 2.72. The first-order valence-electron chi connectivity index (χ1n) is 6.32. The average molecular weight is 372 g/mol. The van der Waals surface area contributed by atoms with Crippen LogP contribution in [0.3, 0.4) is 0 Å². The first-order valence-corrected chi connectivity index (χ1v) is 6.32. The molecule has 0 bridgehead atoms. The van der Waals surface area contributed by atoms with Crippen LogP contribution in [0.25, 0.3) is 0 Å². The predicted octanol–water partition coefficient (Wildman–Crippen LogP) is 2.46. The maximum absolute atomic E-state index is 12.7. The van der Waals surface area contributed by atoms with Crippen LogP contribution >= 0.6 is 0 Å². The number of carbonyl (C=O) groups is 3. The normalized spacial score (nSPS) is 13.1. The third-order valence-electron chi connectivity index (χ3n) is 2.72. The minimum absolute atomic E-state index is 0.149. The SMILES string of the molecule is C[C@H](OC(=O)c1cc(C(F)(F)F)cc(C(F)(F)F)c1)C(=O)NC(N)=O. The number of imide groups is 1. The highest BCUT2D eigenvalue weighted by atomic mass is 19.4. The van der Waals surface area contributed by atoms with E-state index >= 15 is 0 Å². The van der Waals surface area contributed by atoms with E-state index < -0.39 is 53.1 Å². The first-order chi connectivity index (χ1) is 11.2. The smallest absolute Gasteiger partial charge is 0.416 e. The van der Waals surface area contributed by atoms with Crippen LogP contribution < -0.4 is 11.1 Å². The van der Waals surface area contributed by atoms with Gasteiger partial charge in [-0.05, 0) is 25.1 Å². The van der Waals surface area contributed by atoms with Crippen LogP contribution in [0.2, 0.25) is 0 Å². The van der Waals surface area contributed by atoms with Gasteiger partial charge in [0.2, 0.25) is 0 Å². The number of primary amides is 1. The van der Waals surface area contributed by atoms with Gasteiger partial charge in [0.15, 0.2) is 6.10 Å². The van der Waals surface area contributed by atoms with Crippen LogP contribution in [0.15, 0.2) is 18.2 Å². The highest BCUT2D eigenvalue weighted by Gasteiger charge is 2.38. The van der Waals surface area contributed by atoms with E-state index in [4.69, 9.17) is 0 Å². The Kier molecular flexibility index (Phi) is 5.66. The van der Waals surface area contributed by atoms with Gasteiger partial charge in [-0.25, -0.2) is 9.59 Å². The quantitative estimate of drug-likeness (QED) is 0.629. The zero-order valence-electron chi connectivity index (χ0n) is 12.3. The van der Waals surface area contributed by atoms with Crippen molar-refractivity contribution >= 4 is 17.9 Å². The monoisotopic (exact) mass is 372 g/mol. The molecule has 0 aliphatic carbocycles. The van der Waals surface area contributed by atoms with E-state index in [-0.39, 0.29) is 18.2 Å². The van der Waals surface area contributed by atoms with E-state index in [0.29, 0.717) is 0 Å². The summed E-state index contributed by atoms with van der Waals surface area (Å²) in [4.78, 5) is 33.6. The maximum atomic E-state index is 12.7. The van der Waals surface area contributed by atoms with E-state index in [1.807, 2.05) is 0 Å². The summed E-state index contributed by atoms with van der Waals surface area (Å²) < 4.78 is 80.6. The number of hydrogen-bond acceptors (Lipinski definition) is 4. The standard InChI is InChI=1S/C13H10F6N2O4/c1-5(9(22)21-11(20)24)25-10(23)6-2-7(12(14,15)16)4-8(3-6)13(17,18)19/h2-5H,1H3,(H3,20,21,22,24)/t5-/m0/s1. The molecule has 12 heteroatoms. The Labute approximate surface area is 135 Å². The molecule has 0 unspecified atom stereocenters. The second-order valence-electron chi connectivity index (χ2n) is 4.70. The predicted molar refractivity (Wildman–Crippen MR) is 69.0 cm³/mol. The maximum Gasteiger partial charge on any atom is 0.416 e. The van der Waals surface area contributed by atoms with Crippen molar-refractivity contribution in [2.24, 2.45) is 5.73 Å². The molecule has 3 amide bonds. The van der Waals surface area contributed by atoms with Crippen molar-refractivity contribution in [3.05, 3.63) is 34.9 Å². The van der Waals surface area contributed by atoms with Crippen LogP contribution in [0.5, 0.6) is 0 Å². The van der Waals surface area contributed by atoms with Crippen molar-refractivity contribution in [3.8, 4) is 0 Å². The molecule has 0 spiro atoms. The number of nitrogens with two attached hydrogens (primary N) is 1. The van der Waals surface area contributed by atoms with Gasteiger partial charge in [-0.1, -0.05) is 0 Å². The summed E-state index contributed by atoms with van der Waals surface area (Å²) in [5.74, 6) is -2.83. The molecule has 6 nitrogen and oxygen atoms in total. The summed E-state index contributed by atoms with van der Waals surface area (Å²) in [7, 11) is 0. The molecule has 0 saturated carbocycles. The minimum atomic E-state index is -5.15. The molecular weight excluding hydrogens is 362 g/mol. The van der Waals surface area contributed by atoms with Gasteiger partial charge >= 0.3 is 24.4 Å². The Morgan fingerprint density at radius 1 is 1.00 bits per heavy atom. The number of esters is 1. The number of urea groups is 1. The van der Waals surface area contributed by atoms with E-state index in [1.165, 1.54) is 5.32 Å². The molecule has 25 heavy (non-hydrogen) atoms. The van der Waals surface area contributed by atoms with Gasteiger partial charge in [-0.15, -0.1) is 0 Å². The molecule has 0 aromatic heterocycles. The van der Waals surface area contributed by atoms with Gasteiger partial charge in [0.05, 0.1) is 16.7 Å². The molecule has 1 aromatic rings. The number of ether oxygens (including phenoxy) is 1. The molecule has 1 rings (SSSR count). The molecule has 138 valence electrons. The Morgan fingerprint density at radius 3 is 1.80 bits per heavy atom. The van der Waals surface area contributed by atoms with Crippen molar-refractivity contribution in [1.29, 1.82) is 0 Å². The van der Waals surface area contributed by atoms with Crippen molar-refractivity contribution in [2.75, 3.05) is 0 Å². The van der Waals surface area contributed by atoms with Crippen LogP contribution in [-0.4, -0.2) is 24.0 Å². The summed E-state index contributed by atoms with van der Waals surface area (Å²) in [6.45, 7) is 0.939. The Morgan fingerprint density at radius 2 is 1.44 bits per heavy atom. The Balaban J connectivity index is 3.16. The molecule has 0 radical (unpaired) electrons. The number of amides is 3. The fraction of sp³-hybridized carbons (Fsp3) is 0.308. The highest BCUT2D eigenvalue weighted by Crippen LogP contribution is 2.36. The van der Waals surface area contributed by atoms with E-state index in [2.05, 4.69) is 10.5 Å². The molecular formula is C13H10F6N2O4. The summed E-state index contributed by atoms with van der Waals surface area (Å²) in [6, 6.07) is -1.15. The number of carbonyl (C=O) groups excluding carboxylic acids is 3. The number of alkyl halides is 6. The van der Waals surface area contributed by atoms with Crippen molar-refractivity contribution in [3.63, 3.8) is 0 Å². The summed E-state index contributed by atoms with van der Waals surface area (Å²) in [5, 5.41) is 1.53. The van der Waals surface area contributed by atoms with Gasteiger partial charge in [-0.2, -0.15) is 26.3 Å². The number of nitrogens with one attached hydrogen (secondary N) is 1. The van der Waals surface area contributed by atoms with Crippen LogP contribution in [0.4, 0.5) is 31.1 Å². The number of rotatable bonds is 3. The number of halogens is 6. The highest BCUT2D eigenvalue weighted by molar-refractivity contribution is 5.98. The second-order valence-corrected chi connectivity index (χ2v) is 4.70. The van der Waals surface area contributed by atoms with E-state index in [0.717, 1.165) is 6.92 Å². The van der Waals surface area contributed by atoms with Crippen molar-refractivity contribution in [2.45, 2.75) is 25.4 Å². The fourth-order valence-corrected chi connectivity index (χ4v) is 1.58. The summed E-state index contributed by atoms with van der Waals surface area (Å²) in [6.07, 6.45) is -12.0. The van der Waals surface area contributed by atoms with Gasteiger partial charge in [0.1, 0.15) is 0 Å². The third kappa shape index (κ3) is 5.65. The zero-order valence-corrected chi connectivity index (χ0v) is 12.3. The molecule has 0 heterocycles. The molecule has 3 N–H and O–H groups in total. The lowest BCUT2D eigenvalue weighted by molar-refractivity contribution is -0.143. The number of hydrogen-bond donors (Lipinski definition) is 2. The van der Waals surface area contributed by atoms with E-state index in [1.54, 1.807) is 0 Å². The topological polar surface area (TPSA) is 98.5 Å². The van der Waals surface area contributed by atoms with Crippen molar-refractivity contribution < 1.29 is 45.5 Å². The average Bonchev–Trinajstić information content (AvgIpc) is 2.44. The number of benzene rings is 1. The lowest BCUT2D eigenvalue weighted by atomic mass is 10.0. The summed E-state index contributed by atoms with van der Waals surface area (Å²) in [5.41, 5.74) is 0.141. The van der Waals surface area contributed by atoms with Crippen molar-refractivity contribution in [1.82, 2.24) is 5.32 Å². The minimum Gasteiger partial charge on any atom is -0.449 e. The fourth-order valence-electron chi connectivity index (χ4n) is 1.58. The van der Waals surface area contributed by atoms with Gasteiger partial charge in [0, 0.05) is 0 Å². The molecule has 0 saturated heterocycles. The first kappa shape index (κ1) is 20.3. The molecule has 0 fully saturated rings. The van der Waals surface area contributed by atoms with Crippen LogP contribution in [0.1, 0.15) is 28.4 Å². The molecule has 0 aliphatic rings. The van der Waals surface area contributed by atoms with Gasteiger partial charge in [-0.3, -0.25) is 10.1 Å². The molecule has 0 aliphatic heterocycles. The van der Waals surface area contributed by atoms with Crippen LogP contribution in [0, 0.1) is 0 Å². The zero-order chi connectivity index (χ0) is 19.6. The lowest BCUT2D eigenvalue weighted by Gasteiger charge is -2.15. The van der Waals surface area contributed by atoms with E-state index in [9.17, 15) is 40.7 Å². The Bertz CT molecular complexity index is 666. The van der Waals surface area contributed by atoms with Gasteiger partial charge in [0.25, 0.3) is 5.91 Å². The second kappa shape index (κ2) is 6.99. The van der Waals surface area contributed by atoms with Gasteiger partial charge < -0.3 is 10.5 Å². The molecule has 1 atom stereocenters. The largest absolute Gasteiger partial charge is 0.449 e. The lowest BCUT2D eigenvalue weighted by Crippen LogP contribution is -2.42. The van der Waals surface area contributed by atoms with Crippen LogP contribution in [-0.2, 0) is 21.9 Å². The molecule has 1 aromatic carbocycles. The summed E-state index contributed by atoms with van der Waals surface area (Å²) >= 11 is 0. The Hall–Kier alpha value is -2.79.